The predicted molar refractivity (Wildman–Crippen MR) is 68.6 cm³/mol. The van der Waals surface area contributed by atoms with Crippen LogP contribution in [0.25, 0.3) is 0 Å². The summed E-state index contributed by atoms with van der Waals surface area (Å²) in [6.45, 7) is 0. The van der Waals surface area contributed by atoms with E-state index in [1.54, 1.807) is 0 Å². The number of rotatable bonds is 4. The molecule has 0 saturated carbocycles. The molecular formula is C10H7BrF3IO2. The summed E-state index contributed by atoms with van der Waals surface area (Å²) < 4.78 is 40.4. The second kappa shape index (κ2) is 6.03. The maximum absolute atomic E-state index is 12.0. The van der Waals surface area contributed by atoms with Gasteiger partial charge in [0.2, 0.25) is 0 Å². The number of carbonyl (C=O) groups excluding carboxylic acids is 1. The van der Waals surface area contributed by atoms with Gasteiger partial charge in [-0.15, -0.1) is 13.2 Å². The first-order valence-corrected chi connectivity index (χ1v) is 6.67. The van der Waals surface area contributed by atoms with Crippen molar-refractivity contribution in [3.05, 3.63) is 27.3 Å². The van der Waals surface area contributed by atoms with Gasteiger partial charge in [0.15, 0.2) is 5.78 Å². The van der Waals surface area contributed by atoms with Crippen molar-refractivity contribution in [1.82, 2.24) is 0 Å². The van der Waals surface area contributed by atoms with Crippen LogP contribution in [0.4, 0.5) is 13.2 Å². The smallest absolute Gasteiger partial charge is 0.406 e. The molecule has 0 atom stereocenters. The van der Waals surface area contributed by atoms with E-state index in [0.717, 1.165) is 6.07 Å². The van der Waals surface area contributed by atoms with Crippen LogP contribution in [0.5, 0.6) is 5.75 Å². The normalized spacial score (nSPS) is 11.4. The average Bonchev–Trinajstić information content (AvgIpc) is 2.14. The van der Waals surface area contributed by atoms with Gasteiger partial charge < -0.3 is 4.74 Å². The molecular weight excluding hydrogens is 416 g/mol. The molecule has 0 spiro atoms. The van der Waals surface area contributed by atoms with Gasteiger partial charge in [-0.1, -0.05) is 15.9 Å². The van der Waals surface area contributed by atoms with Gasteiger partial charge in [-0.25, -0.2) is 0 Å². The Morgan fingerprint density at radius 3 is 2.53 bits per heavy atom. The van der Waals surface area contributed by atoms with Crippen LogP contribution in [0.15, 0.2) is 18.2 Å². The molecule has 0 aliphatic carbocycles. The first kappa shape index (κ1) is 14.7. The molecule has 0 heterocycles. The van der Waals surface area contributed by atoms with Gasteiger partial charge in [0, 0.05) is 20.9 Å². The maximum Gasteiger partial charge on any atom is 0.573 e. The zero-order chi connectivity index (χ0) is 13.1. The van der Waals surface area contributed by atoms with E-state index in [0.29, 0.717) is 8.90 Å². The van der Waals surface area contributed by atoms with Gasteiger partial charge in [-0.3, -0.25) is 4.79 Å². The zero-order valence-electron chi connectivity index (χ0n) is 8.35. The van der Waals surface area contributed by atoms with E-state index >= 15 is 0 Å². The minimum atomic E-state index is -4.75. The predicted octanol–water partition coefficient (Wildman–Crippen LogP) is 4.16. The summed E-state index contributed by atoms with van der Waals surface area (Å²) in [6, 6.07) is 3.84. The van der Waals surface area contributed by atoms with E-state index in [2.05, 4.69) is 20.7 Å². The Labute approximate surface area is 118 Å². The molecule has 94 valence electrons. The van der Waals surface area contributed by atoms with Crippen molar-refractivity contribution < 1.29 is 22.7 Å². The molecule has 0 aliphatic rings. The third-order valence-corrected chi connectivity index (χ3v) is 2.77. The fourth-order valence-corrected chi connectivity index (χ4v) is 2.15. The van der Waals surface area contributed by atoms with Gasteiger partial charge in [-0.2, -0.15) is 0 Å². The molecule has 0 N–H and O–H groups in total. The summed E-state index contributed by atoms with van der Waals surface area (Å²) in [5, 5.41) is 0.465. The Morgan fingerprint density at radius 1 is 1.35 bits per heavy atom. The van der Waals surface area contributed by atoms with Crippen molar-refractivity contribution in [3.8, 4) is 5.75 Å². The SMILES string of the molecule is O=C(CCBr)c1cc(I)cc(OC(F)(F)F)c1. The highest BCUT2D eigenvalue weighted by Gasteiger charge is 2.31. The van der Waals surface area contributed by atoms with Crippen LogP contribution >= 0.6 is 38.5 Å². The van der Waals surface area contributed by atoms with Gasteiger partial charge in [0.1, 0.15) is 5.75 Å². The standard InChI is InChI=1S/C10H7BrF3IO2/c11-2-1-9(16)6-3-7(15)5-8(4-6)17-10(12,13)14/h3-5H,1-2H2. The molecule has 17 heavy (non-hydrogen) atoms. The highest BCUT2D eigenvalue weighted by Crippen LogP contribution is 2.26. The molecule has 0 saturated heterocycles. The average molecular weight is 423 g/mol. The maximum atomic E-state index is 12.0. The molecule has 2 nitrogen and oxygen atoms in total. The van der Waals surface area contributed by atoms with Gasteiger partial charge in [0.25, 0.3) is 0 Å². The molecule has 0 radical (unpaired) electrons. The molecule has 0 bridgehead atoms. The summed E-state index contributed by atoms with van der Waals surface area (Å²) in [5.74, 6) is -0.602. The number of ketones is 1. The second-order valence-electron chi connectivity index (χ2n) is 3.09. The number of alkyl halides is 4. The first-order valence-electron chi connectivity index (χ1n) is 4.47. The van der Waals surface area contributed by atoms with Crippen molar-refractivity contribution in [2.45, 2.75) is 12.8 Å². The van der Waals surface area contributed by atoms with E-state index in [1.165, 1.54) is 12.1 Å². The minimum absolute atomic E-state index is 0.218. The van der Waals surface area contributed by atoms with Crippen molar-refractivity contribution in [1.29, 1.82) is 0 Å². The highest BCUT2D eigenvalue weighted by molar-refractivity contribution is 14.1. The summed E-state index contributed by atoms with van der Waals surface area (Å²) >= 11 is 4.93. The highest BCUT2D eigenvalue weighted by atomic mass is 127. The first-order chi connectivity index (χ1) is 7.81. The van der Waals surface area contributed by atoms with Crippen LogP contribution in [-0.2, 0) is 0 Å². The quantitative estimate of drug-likeness (QED) is 0.414. The summed E-state index contributed by atoms with van der Waals surface area (Å²) in [7, 11) is 0. The molecule has 0 amide bonds. The molecule has 1 rings (SSSR count). The number of Topliss-reactive ketones (excluding diaryl/α,β-unsaturated/α-hetero) is 1. The number of halogens is 5. The third kappa shape index (κ3) is 5.24. The summed E-state index contributed by atoms with van der Waals surface area (Å²) in [4.78, 5) is 11.5. The Balaban J connectivity index is 2.98. The fourth-order valence-electron chi connectivity index (χ4n) is 1.15. The van der Waals surface area contributed by atoms with E-state index in [9.17, 15) is 18.0 Å². The van der Waals surface area contributed by atoms with Crippen LogP contribution in [0.1, 0.15) is 16.8 Å². The Morgan fingerprint density at radius 2 is 2.00 bits per heavy atom. The van der Waals surface area contributed by atoms with Gasteiger partial charge in [-0.05, 0) is 40.8 Å². The molecule has 1 aromatic carbocycles. The Hall–Kier alpha value is -0.310. The van der Waals surface area contributed by atoms with Crippen molar-refractivity contribution in [2.75, 3.05) is 5.33 Å². The minimum Gasteiger partial charge on any atom is -0.406 e. The topological polar surface area (TPSA) is 26.3 Å². The zero-order valence-corrected chi connectivity index (χ0v) is 12.1. The molecule has 0 fully saturated rings. The lowest BCUT2D eigenvalue weighted by molar-refractivity contribution is -0.274. The molecule has 7 heteroatoms. The lowest BCUT2D eigenvalue weighted by atomic mass is 10.1. The fraction of sp³-hybridized carbons (Fsp3) is 0.300. The van der Waals surface area contributed by atoms with Crippen molar-refractivity contribution in [2.24, 2.45) is 0 Å². The van der Waals surface area contributed by atoms with E-state index < -0.39 is 6.36 Å². The Kier molecular flexibility index (Phi) is 5.23. The van der Waals surface area contributed by atoms with Crippen LogP contribution in [0, 0.1) is 3.57 Å². The van der Waals surface area contributed by atoms with E-state index in [-0.39, 0.29) is 23.5 Å². The van der Waals surface area contributed by atoms with Gasteiger partial charge >= 0.3 is 6.36 Å². The molecule has 0 aliphatic heterocycles. The number of carbonyl (C=O) groups is 1. The van der Waals surface area contributed by atoms with Crippen molar-refractivity contribution >= 4 is 44.3 Å². The summed E-state index contributed by atoms with van der Waals surface area (Å²) in [6.07, 6.45) is -4.52. The van der Waals surface area contributed by atoms with Crippen LogP contribution in [-0.4, -0.2) is 17.5 Å². The number of benzene rings is 1. The second-order valence-corrected chi connectivity index (χ2v) is 5.12. The van der Waals surface area contributed by atoms with Gasteiger partial charge in [0.05, 0.1) is 0 Å². The Bertz CT molecular complexity index is 421. The molecule has 1 aromatic rings. The van der Waals surface area contributed by atoms with Crippen LogP contribution < -0.4 is 4.74 Å². The summed E-state index contributed by atoms with van der Waals surface area (Å²) in [5.41, 5.74) is 0.218. The van der Waals surface area contributed by atoms with Crippen molar-refractivity contribution in [3.63, 3.8) is 0 Å². The van der Waals surface area contributed by atoms with E-state index in [1.807, 2.05) is 22.6 Å². The van der Waals surface area contributed by atoms with Crippen LogP contribution in [0.3, 0.4) is 0 Å². The lowest BCUT2D eigenvalue weighted by Crippen LogP contribution is -2.17. The number of ether oxygens (including phenoxy) is 1. The van der Waals surface area contributed by atoms with Crippen LogP contribution in [0.2, 0.25) is 0 Å². The number of hydrogen-bond acceptors (Lipinski definition) is 2. The third-order valence-electron chi connectivity index (χ3n) is 1.75. The number of hydrogen-bond donors (Lipinski definition) is 0. The monoisotopic (exact) mass is 422 g/mol. The largest absolute Gasteiger partial charge is 0.573 e. The molecule has 0 unspecified atom stereocenters. The van der Waals surface area contributed by atoms with E-state index in [4.69, 9.17) is 0 Å². The lowest BCUT2D eigenvalue weighted by Gasteiger charge is -2.10. The molecule has 0 aromatic heterocycles.